The van der Waals surface area contributed by atoms with E-state index >= 15 is 0 Å². The molecular weight excluding hydrogens is 212 g/mol. The van der Waals surface area contributed by atoms with Gasteiger partial charge in [0.1, 0.15) is 5.75 Å². The second kappa shape index (κ2) is 5.92. The highest BCUT2D eigenvalue weighted by molar-refractivity contribution is 5.57. The van der Waals surface area contributed by atoms with Crippen LogP contribution in [0.15, 0.2) is 54.6 Å². The number of nitrogens with two attached hydrogens (primary N) is 1. The first-order valence-electron chi connectivity index (χ1n) is 5.66. The first kappa shape index (κ1) is 11.5. The van der Waals surface area contributed by atoms with Crippen molar-refractivity contribution in [1.29, 1.82) is 0 Å². The van der Waals surface area contributed by atoms with Crippen LogP contribution >= 0.6 is 0 Å². The fourth-order valence-electron chi connectivity index (χ4n) is 1.52. The number of para-hydroxylation sites is 3. The summed E-state index contributed by atoms with van der Waals surface area (Å²) >= 11 is 0. The summed E-state index contributed by atoms with van der Waals surface area (Å²) in [5.74, 6) is 1.64. The average Bonchev–Trinajstić information content (AvgIpc) is 2.39. The zero-order valence-electron chi connectivity index (χ0n) is 9.60. The molecule has 0 aliphatic rings. The molecule has 2 rings (SSSR count). The van der Waals surface area contributed by atoms with Crippen molar-refractivity contribution >= 4 is 5.69 Å². The number of ether oxygens (including phenoxy) is 1. The van der Waals surface area contributed by atoms with Crippen LogP contribution in [0, 0.1) is 0 Å². The Bertz CT molecular complexity index is 457. The summed E-state index contributed by atoms with van der Waals surface area (Å²) in [6, 6.07) is 17.6. The largest absolute Gasteiger partial charge is 0.455 e. The molecule has 88 valence electrons. The molecule has 0 heterocycles. The minimum atomic E-state index is 0.597. The molecular formula is C14H16N2O. The van der Waals surface area contributed by atoms with E-state index in [9.17, 15) is 0 Å². The first-order valence-corrected chi connectivity index (χ1v) is 5.66. The van der Waals surface area contributed by atoms with Gasteiger partial charge in [-0.1, -0.05) is 30.3 Å². The summed E-state index contributed by atoms with van der Waals surface area (Å²) in [7, 11) is 0. The van der Waals surface area contributed by atoms with E-state index in [2.05, 4.69) is 5.32 Å². The molecule has 0 spiro atoms. The molecule has 0 unspecified atom stereocenters. The van der Waals surface area contributed by atoms with E-state index < -0.39 is 0 Å². The van der Waals surface area contributed by atoms with Crippen LogP contribution in [-0.2, 0) is 0 Å². The first-order chi connectivity index (χ1) is 8.40. The molecule has 0 amide bonds. The van der Waals surface area contributed by atoms with Crippen LogP contribution in [0.3, 0.4) is 0 Å². The van der Waals surface area contributed by atoms with E-state index in [1.165, 1.54) is 0 Å². The predicted molar refractivity (Wildman–Crippen MR) is 70.5 cm³/mol. The predicted octanol–water partition coefficient (Wildman–Crippen LogP) is 2.85. The standard InChI is InChI=1S/C14H16N2O/c15-10-11-16-13-8-4-5-9-14(13)17-12-6-2-1-3-7-12/h1-9,16H,10-11,15H2. The molecule has 17 heavy (non-hydrogen) atoms. The van der Waals surface area contributed by atoms with Gasteiger partial charge < -0.3 is 15.8 Å². The van der Waals surface area contributed by atoms with Gasteiger partial charge in [0.05, 0.1) is 5.69 Å². The molecule has 3 N–H and O–H groups in total. The van der Waals surface area contributed by atoms with Gasteiger partial charge in [-0.15, -0.1) is 0 Å². The summed E-state index contributed by atoms with van der Waals surface area (Å²) in [4.78, 5) is 0. The van der Waals surface area contributed by atoms with E-state index in [1.807, 2.05) is 54.6 Å². The highest BCUT2D eigenvalue weighted by Gasteiger charge is 2.02. The average molecular weight is 228 g/mol. The topological polar surface area (TPSA) is 47.3 Å². The second-order valence-corrected chi connectivity index (χ2v) is 3.63. The molecule has 0 bridgehead atoms. The normalized spacial score (nSPS) is 9.94. The number of nitrogens with one attached hydrogen (secondary N) is 1. The smallest absolute Gasteiger partial charge is 0.150 e. The van der Waals surface area contributed by atoms with Crippen molar-refractivity contribution in [2.45, 2.75) is 0 Å². The lowest BCUT2D eigenvalue weighted by molar-refractivity contribution is 0.484. The third kappa shape index (κ3) is 3.23. The van der Waals surface area contributed by atoms with Gasteiger partial charge in [0.15, 0.2) is 5.75 Å². The second-order valence-electron chi connectivity index (χ2n) is 3.63. The van der Waals surface area contributed by atoms with E-state index in [0.29, 0.717) is 6.54 Å². The Kier molecular flexibility index (Phi) is 4.00. The number of anilines is 1. The maximum Gasteiger partial charge on any atom is 0.150 e. The van der Waals surface area contributed by atoms with Crippen LogP contribution < -0.4 is 15.8 Å². The van der Waals surface area contributed by atoms with Gasteiger partial charge in [-0.05, 0) is 24.3 Å². The van der Waals surface area contributed by atoms with Crippen molar-refractivity contribution in [3.05, 3.63) is 54.6 Å². The molecule has 0 aromatic heterocycles. The van der Waals surface area contributed by atoms with Gasteiger partial charge >= 0.3 is 0 Å². The monoisotopic (exact) mass is 228 g/mol. The maximum atomic E-state index is 5.80. The van der Waals surface area contributed by atoms with Crippen LogP contribution in [0.5, 0.6) is 11.5 Å². The van der Waals surface area contributed by atoms with Crippen LogP contribution in [0.4, 0.5) is 5.69 Å². The van der Waals surface area contributed by atoms with Gasteiger partial charge in [-0.2, -0.15) is 0 Å². The molecule has 0 aliphatic heterocycles. The summed E-state index contributed by atoms with van der Waals surface area (Å²) in [5, 5.41) is 3.23. The molecule has 0 saturated carbocycles. The minimum absolute atomic E-state index is 0.597. The maximum absolute atomic E-state index is 5.80. The Morgan fingerprint density at radius 2 is 1.65 bits per heavy atom. The summed E-state index contributed by atoms with van der Waals surface area (Å²) in [5.41, 5.74) is 6.44. The molecule has 0 fully saturated rings. The fraction of sp³-hybridized carbons (Fsp3) is 0.143. The number of hydrogen-bond acceptors (Lipinski definition) is 3. The number of rotatable bonds is 5. The number of hydrogen-bond donors (Lipinski definition) is 2. The summed E-state index contributed by atoms with van der Waals surface area (Å²) in [6.07, 6.45) is 0. The van der Waals surface area contributed by atoms with Gasteiger partial charge in [-0.3, -0.25) is 0 Å². The third-order valence-corrected chi connectivity index (χ3v) is 2.32. The fourth-order valence-corrected chi connectivity index (χ4v) is 1.52. The van der Waals surface area contributed by atoms with Crippen molar-refractivity contribution in [1.82, 2.24) is 0 Å². The Hall–Kier alpha value is -2.00. The quantitative estimate of drug-likeness (QED) is 0.827. The Balaban J connectivity index is 2.15. The number of benzene rings is 2. The Morgan fingerprint density at radius 3 is 2.41 bits per heavy atom. The molecule has 2 aromatic carbocycles. The van der Waals surface area contributed by atoms with Crippen molar-refractivity contribution < 1.29 is 4.74 Å². The molecule has 0 aliphatic carbocycles. The molecule has 3 heteroatoms. The highest BCUT2D eigenvalue weighted by atomic mass is 16.5. The Morgan fingerprint density at radius 1 is 0.941 bits per heavy atom. The van der Waals surface area contributed by atoms with E-state index in [1.54, 1.807) is 0 Å². The van der Waals surface area contributed by atoms with Gasteiger partial charge in [0, 0.05) is 13.1 Å². The van der Waals surface area contributed by atoms with Crippen molar-refractivity contribution in [3.8, 4) is 11.5 Å². The van der Waals surface area contributed by atoms with Crippen LogP contribution in [-0.4, -0.2) is 13.1 Å². The highest BCUT2D eigenvalue weighted by Crippen LogP contribution is 2.28. The third-order valence-electron chi connectivity index (χ3n) is 2.32. The van der Waals surface area contributed by atoms with Gasteiger partial charge in [-0.25, -0.2) is 0 Å². The molecule has 2 aromatic rings. The molecule has 0 atom stereocenters. The van der Waals surface area contributed by atoms with Crippen molar-refractivity contribution in [2.75, 3.05) is 18.4 Å². The Labute approximate surface area is 101 Å². The lowest BCUT2D eigenvalue weighted by Crippen LogP contribution is -2.13. The van der Waals surface area contributed by atoms with Crippen molar-refractivity contribution in [3.63, 3.8) is 0 Å². The van der Waals surface area contributed by atoms with Crippen molar-refractivity contribution in [2.24, 2.45) is 5.73 Å². The van der Waals surface area contributed by atoms with E-state index in [-0.39, 0.29) is 0 Å². The van der Waals surface area contributed by atoms with Gasteiger partial charge in [0.25, 0.3) is 0 Å². The molecule has 0 radical (unpaired) electrons. The summed E-state index contributed by atoms with van der Waals surface area (Å²) in [6.45, 7) is 1.33. The molecule has 0 saturated heterocycles. The lowest BCUT2D eigenvalue weighted by Gasteiger charge is -2.12. The van der Waals surface area contributed by atoms with Gasteiger partial charge in [0.2, 0.25) is 0 Å². The molecule has 3 nitrogen and oxygen atoms in total. The van der Waals surface area contributed by atoms with Crippen LogP contribution in [0.25, 0.3) is 0 Å². The van der Waals surface area contributed by atoms with E-state index in [0.717, 1.165) is 23.7 Å². The lowest BCUT2D eigenvalue weighted by atomic mass is 10.3. The van der Waals surface area contributed by atoms with Crippen LogP contribution in [0.2, 0.25) is 0 Å². The zero-order valence-corrected chi connectivity index (χ0v) is 9.60. The zero-order chi connectivity index (χ0) is 11.9. The van der Waals surface area contributed by atoms with E-state index in [4.69, 9.17) is 10.5 Å². The SMILES string of the molecule is NCCNc1ccccc1Oc1ccccc1. The minimum Gasteiger partial charge on any atom is -0.455 e. The summed E-state index contributed by atoms with van der Waals surface area (Å²) < 4.78 is 5.80. The van der Waals surface area contributed by atoms with Crippen LogP contribution in [0.1, 0.15) is 0 Å².